The molecule has 1 aromatic heterocycles. The monoisotopic (exact) mass is 373 g/mol. The maximum Gasteiger partial charge on any atom is 0.322 e. The van der Waals surface area contributed by atoms with Crippen molar-refractivity contribution in [1.82, 2.24) is 10.2 Å². The molecule has 3 aromatic rings. The van der Waals surface area contributed by atoms with Gasteiger partial charge in [0, 0.05) is 11.1 Å². The molecule has 140 valence electrons. The molecule has 8 nitrogen and oxygen atoms in total. The fraction of sp³-hybridized carbons (Fsp3) is 0.167. The summed E-state index contributed by atoms with van der Waals surface area (Å²) in [7, 11) is 4.36. The molecule has 0 bridgehead atoms. The van der Waals surface area contributed by atoms with Gasteiger partial charge in [0.25, 0.3) is 5.91 Å². The summed E-state index contributed by atoms with van der Waals surface area (Å²) in [6.45, 7) is 0. The molecular weight excluding hydrogens is 357 g/mol. The van der Waals surface area contributed by atoms with Gasteiger partial charge in [0.05, 0.1) is 21.3 Å². The number of benzene rings is 2. The van der Waals surface area contributed by atoms with Gasteiger partial charge in [-0.25, -0.2) is 4.39 Å². The minimum absolute atomic E-state index is 0.0784. The van der Waals surface area contributed by atoms with Gasteiger partial charge in [-0.15, -0.1) is 5.10 Å². The Balaban J connectivity index is 1.84. The summed E-state index contributed by atoms with van der Waals surface area (Å²) in [5.74, 6) is 0.135. The highest BCUT2D eigenvalue weighted by Gasteiger charge is 2.19. The molecule has 0 spiro atoms. The van der Waals surface area contributed by atoms with Crippen molar-refractivity contribution in [2.24, 2.45) is 0 Å². The molecule has 0 saturated heterocycles. The Kier molecular flexibility index (Phi) is 5.20. The molecule has 1 heterocycles. The van der Waals surface area contributed by atoms with E-state index in [2.05, 4.69) is 15.5 Å². The van der Waals surface area contributed by atoms with E-state index in [9.17, 15) is 9.18 Å². The number of aromatic nitrogens is 2. The first-order valence-electron chi connectivity index (χ1n) is 7.76. The highest BCUT2D eigenvalue weighted by atomic mass is 19.1. The second-order valence-electron chi connectivity index (χ2n) is 5.29. The summed E-state index contributed by atoms with van der Waals surface area (Å²) in [6.07, 6.45) is 0. The fourth-order valence-electron chi connectivity index (χ4n) is 2.39. The van der Waals surface area contributed by atoms with E-state index in [1.54, 1.807) is 6.07 Å². The largest absolute Gasteiger partial charge is 0.493 e. The van der Waals surface area contributed by atoms with E-state index in [0.717, 1.165) is 0 Å². The summed E-state index contributed by atoms with van der Waals surface area (Å²) >= 11 is 0. The van der Waals surface area contributed by atoms with Gasteiger partial charge in [0.1, 0.15) is 5.82 Å². The number of amides is 1. The SMILES string of the molecule is COc1cc(C(=O)Nc2nnc(-c3cccc(F)c3)o2)cc(OC)c1OC. The number of methoxy groups -OCH3 is 3. The van der Waals surface area contributed by atoms with Gasteiger partial charge in [0.15, 0.2) is 11.5 Å². The molecule has 27 heavy (non-hydrogen) atoms. The Morgan fingerprint density at radius 3 is 2.33 bits per heavy atom. The van der Waals surface area contributed by atoms with E-state index in [1.165, 1.54) is 51.7 Å². The van der Waals surface area contributed by atoms with Gasteiger partial charge in [-0.3, -0.25) is 10.1 Å². The van der Waals surface area contributed by atoms with E-state index in [4.69, 9.17) is 18.6 Å². The second-order valence-corrected chi connectivity index (χ2v) is 5.29. The summed E-state index contributed by atoms with van der Waals surface area (Å²) in [6, 6.07) is 8.52. The highest BCUT2D eigenvalue weighted by Crippen LogP contribution is 2.38. The van der Waals surface area contributed by atoms with E-state index in [1.807, 2.05) is 0 Å². The fourth-order valence-corrected chi connectivity index (χ4v) is 2.39. The van der Waals surface area contributed by atoms with Crippen LogP contribution in [0.2, 0.25) is 0 Å². The van der Waals surface area contributed by atoms with Gasteiger partial charge in [0.2, 0.25) is 11.6 Å². The smallest absolute Gasteiger partial charge is 0.322 e. The van der Waals surface area contributed by atoms with Crippen molar-refractivity contribution < 1.29 is 27.8 Å². The number of hydrogen-bond donors (Lipinski definition) is 1. The van der Waals surface area contributed by atoms with Crippen LogP contribution in [-0.4, -0.2) is 37.4 Å². The van der Waals surface area contributed by atoms with E-state index in [-0.39, 0.29) is 17.5 Å². The van der Waals surface area contributed by atoms with Gasteiger partial charge in [-0.1, -0.05) is 11.2 Å². The molecular formula is C18H16FN3O5. The van der Waals surface area contributed by atoms with Crippen molar-refractivity contribution in [3.63, 3.8) is 0 Å². The normalized spacial score (nSPS) is 10.4. The summed E-state index contributed by atoms with van der Waals surface area (Å²) < 4.78 is 34.3. The third-order valence-corrected chi connectivity index (χ3v) is 3.64. The summed E-state index contributed by atoms with van der Waals surface area (Å²) in [5.41, 5.74) is 0.630. The Morgan fingerprint density at radius 2 is 1.74 bits per heavy atom. The van der Waals surface area contributed by atoms with Gasteiger partial charge in [-0.05, 0) is 30.3 Å². The quantitative estimate of drug-likeness (QED) is 0.709. The zero-order chi connectivity index (χ0) is 19.4. The van der Waals surface area contributed by atoms with Crippen LogP contribution in [0.1, 0.15) is 10.4 Å². The predicted molar refractivity (Wildman–Crippen MR) is 93.7 cm³/mol. The molecule has 0 atom stereocenters. The number of halogens is 1. The molecule has 0 aliphatic heterocycles. The van der Waals surface area contributed by atoms with E-state index >= 15 is 0 Å². The third kappa shape index (κ3) is 3.81. The lowest BCUT2D eigenvalue weighted by molar-refractivity contribution is 0.102. The van der Waals surface area contributed by atoms with Crippen molar-refractivity contribution in [2.45, 2.75) is 0 Å². The highest BCUT2D eigenvalue weighted by molar-refractivity contribution is 6.04. The molecule has 0 fully saturated rings. The van der Waals surface area contributed by atoms with Crippen molar-refractivity contribution in [1.29, 1.82) is 0 Å². The number of anilines is 1. The van der Waals surface area contributed by atoms with Gasteiger partial charge >= 0.3 is 6.01 Å². The van der Waals surface area contributed by atoms with Crippen LogP contribution in [0, 0.1) is 5.82 Å². The van der Waals surface area contributed by atoms with Gasteiger partial charge < -0.3 is 18.6 Å². The molecule has 2 aromatic carbocycles. The Labute approximate surface area is 153 Å². The van der Waals surface area contributed by atoms with Crippen LogP contribution in [-0.2, 0) is 0 Å². The van der Waals surface area contributed by atoms with Crippen LogP contribution >= 0.6 is 0 Å². The average Bonchev–Trinajstić information content (AvgIpc) is 3.15. The van der Waals surface area contributed by atoms with E-state index in [0.29, 0.717) is 22.8 Å². The Bertz CT molecular complexity index is 948. The lowest BCUT2D eigenvalue weighted by Gasteiger charge is -2.13. The lowest BCUT2D eigenvalue weighted by Crippen LogP contribution is -2.13. The first-order valence-corrected chi connectivity index (χ1v) is 7.76. The van der Waals surface area contributed by atoms with Crippen LogP contribution in [0.4, 0.5) is 10.4 Å². The molecule has 0 aliphatic carbocycles. The molecule has 0 unspecified atom stereocenters. The number of nitrogens with one attached hydrogen (secondary N) is 1. The van der Waals surface area contributed by atoms with Crippen molar-refractivity contribution in [2.75, 3.05) is 26.6 Å². The molecule has 0 radical (unpaired) electrons. The van der Waals surface area contributed by atoms with E-state index < -0.39 is 11.7 Å². The standard InChI is InChI=1S/C18H16FN3O5/c1-24-13-8-11(9-14(25-2)15(13)26-3)16(23)20-18-22-21-17(27-18)10-5-4-6-12(19)7-10/h4-9H,1-3H3,(H,20,22,23). The molecule has 0 aliphatic rings. The number of ether oxygens (including phenoxy) is 3. The van der Waals surface area contributed by atoms with Crippen molar-refractivity contribution in [3.05, 3.63) is 47.8 Å². The molecule has 1 N–H and O–H groups in total. The Hall–Kier alpha value is -3.62. The number of carbonyl (C=O) groups excluding carboxylic acids is 1. The lowest BCUT2D eigenvalue weighted by atomic mass is 10.1. The zero-order valence-corrected chi connectivity index (χ0v) is 14.8. The Morgan fingerprint density at radius 1 is 1.04 bits per heavy atom. The molecule has 1 amide bonds. The third-order valence-electron chi connectivity index (χ3n) is 3.64. The number of nitrogens with zero attached hydrogens (tertiary/aromatic N) is 2. The van der Waals surface area contributed by atoms with Crippen LogP contribution in [0.25, 0.3) is 11.5 Å². The maximum absolute atomic E-state index is 13.3. The van der Waals surface area contributed by atoms with Crippen LogP contribution in [0.15, 0.2) is 40.8 Å². The minimum Gasteiger partial charge on any atom is -0.493 e. The van der Waals surface area contributed by atoms with Crippen LogP contribution in [0.3, 0.4) is 0 Å². The van der Waals surface area contributed by atoms with Crippen LogP contribution < -0.4 is 19.5 Å². The topological polar surface area (TPSA) is 95.7 Å². The average molecular weight is 373 g/mol. The summed E-state index contributed by atoms with van der Waals surface area (Å²) in [4.78, 5) is 12.5. The minimum atomic E-state index is -0.524. The van der Waals surface area contributed by atoms with Crippen molar-refractivity contribution >= 4 is 11.9 Å². The number of rotatable bonds is 6. The molecule has 9 heteroatoms. The molecule has 0 saturated carbocycles. The predicted octanol–water partition coefficient (Wildman–Crippen LogP) is 3.15. The van der Waals surface area contributed by atoms with Crippen molar-refractivity contribution in [3.8, 4) is 28.7 Å². The number of carbonyl (C=O) groups is 1. The zero-order valence-electron chi connectivity index (χ0n) is 14.8. The number of hydrogen-bond acceptors (Lipinski definition) is 7. The second kappa shape index (κ2) is 7.73. The first kappa shape index (κ1) is 18.2. The summed E-state index contributed by atoms with van der Waals surface area (Å²) in [5, 5.41) is 10.0. The van der Waals surface area contributed by atoms with Gasteiger partial charge in [-0.2, -0.15) is 0 Å². The first-order chi connectivity index (χ1) is 13.0. The van der Waals surface area contributed by atoms with Crippen LogP contribution in [0.5, 0.6) is 17.2 Å². The maximum atomic E-state index is 13.3. The molecule has 3 rings (SSSR count).